The lowest BCUT2D eigenvalue weighted by molar-refractivity contribution is -0.137. The Morgan fingerprint density at radius 3 is 2.54 bits per heavy atom. The average molecular weight is 365 g/mol. The van der Waals surface area contributed by atoms with E-state index in [0.717, 1.165) is 12.1 Å². The number of rotatable bonds is 6. The fourth-order valence-corrected chi connectivity index (χ4v) is 2.26. The summed E-state index contributed by atoms with van der Waals surface area (Å²) in [6.07, 6.45) is -4.50. The maximum Gasteiger partial charge on any atom is 0.416 e. The van der Waals surface area contributed by atoms with Crippen molar-refractivity contribution in [3.8, 4) is 6.07 Å². The first kappa shape index (κ1) is 19.2. The van der Waals surface area contributed by atoms with Crippen molar-refractivity contribution in [1.82, 2.24) is 5.32 Å². The summed E-state index contributed by atoms with van der Waals surface area (Å²) in [6.45, 7) is 0.412. The molecule has 0 saturated heterocycles. The predicted octanol–water partition coefficient (Wildman–Crippen LogP) is 3.49. The van der Waals surface area contributed by atoms with Gasteiger partial charge in [-0.25, -0.2) is 4.39 Å². The molecular formula is C18H15F4N3O. The molecule has 2 N–H and O–H groups in total. The molecule has 0 aliphatic carbocycles. The van der Waals surface area contributed by atoms with Gasteiger partial charge in [-0.15, -0.1) is 0 Å². The van der Waals surface area contributed by atoms with Crippen LogP contribution in [-0.4, -0.2) is 19.0 Å². The Kier molecular flexibility index (Phi) is 6.17. The zero-order valence-electron chi connectivity index (χ0n) is 13.5. The third-order valence-electron chi connectivity index (χ3n) is 3.48. The van der Waals surface area contributed by atoms with Gasteiger partial charge in [0.05, 0.1) is 23.2 Å². The predicted molar refractivity (Wildman–Crippen MR) is 87.8 cm³/mol. The number of nitriles is 1. The van der Waals surface area contributed by atoms with Gasteiger partial charge in [0, 0.05) is 13.1 Å². The summed E-state index contributed by atoms with van der Waals surface area (Å²) >= 11 is 0. The van der Waals surface area contributed by atoms with E-state index < -0.39 is 17.6 Å². The van der Waals surface area contributed by atoms with E-state index in [4.69, 9.17) is 5.26 Å². The van der Waals surface area contributed by atoms with Crippen LogP contribution in [0.25, 0.3) is 0 Å². The summed E-state index contributed by atoms with van der Waals surface area (Å²) < 4.78 is 51.0. The number of carbonyl (C=O) groups excluding carboxylic acids is 1. The first-order chi connectivity index (χ1) is 12.3. The maximum absolute atomic E-state index is 13.0. The molecule has 0 heterocycles. The largest absolute Gasteiger partial charge is 0.416 e. The van der Waals surface area contributed by atoms with Gasteiger partial charge in [0.2, 0.25) is 5.91 Å². The molecule has 0 bridgehead atoms. The van der Waals surface area contributed by atoms with Gasteiger partial charge >= 0.3 is 6.18 Å². The molecule has 0 radical (unpaired) electrons. The molecule has 0 unspecified atom stereocenters. The topological polar surface area (TPSA) is 64.9 Å². The second-order valence-corrected chi connectivity index (χ2v) is 5.45. The minimum atomic E-state index is -4.52. The first-order valence-electron chi connectivity index (χ1n) is 7.66. The molecule has 0 aromatic heterocycles. The number of alkyl halides is 3. The number of nitrogens with one attached hydrogen (secondary N) is 2. The summed E-state index contributed by atoms with van der Waals surface area (Å²) in [4.78, 5) is 11.8. The van der Waals surface area contributed by atoms with Gasteiger partial charge < -0.3 is 10.6 Å². The van der Waals surface area contributed by atoms with Crippen molar-refractivity contribution in [3.63, 3.8) is 0 Å². The lowest BCUT2D eigenvalue weighted by Gasteiger charge is -2.12. The van der Waals surface area contributed by atoms with E-state index in [1.807, 2.05) is 0 Å². The van der Waals surface area contributed by atoms with Gasteiger partial charge in [-0.1, -0.05) is 12.1 Å². The van der Waals surface area contributed by atoms with E-state index in [2.05, 4.69) is 10.6 Å². The molecule has 0 atom stereocenters. The number of hydrogen-bond donors (Lipinski definition) is 2. The monoisotopic (exact) mass is 365 g/mol. The molecule has 2 aromatic rings. The smallest absolute Gasteiger partial charge is 0.382 e. The zero-order valence-corrected chi connectivity index (χ0v) is 13.5. The first-order valence-corrected chi connectivity index (χ1v) is 7.66. The SMILES string of the molecule is N#Cc1cc(C(F)(F)F)ccc1NCCNC(=O)Cc1cccc(F)c1. The fraction of sp³-hybridized carbons (Fsp3) is 0.222. The second kappa shape index (κ2) is 8.34. The van der Waals surface area contributed by atoms with Gasteiger partial charge in [0.25, 0.3) is 0 Å². The molecule has 26 heavy (non-hydrogen) atoms. The highest BCUT2D eigenvalue weighted by atomic mass is 19.4. The fourth-order valence-electron chi connectivity index (χ4n) is 2.26. The Hall–Kier alpha value is -3.08. The van der Waals surface area contributed by atoms with Crippen LogP contribution >= 0.6 is 0 Å². The zero-order chi connectivity index (χ0) is 19.2. The Morgan fingerprint density at radius 1 is 1.12 bits per heavy atom. The second-order valence-electron chi connectivity index (χ2n) is 5.45. The van der Waals surface area contributed by atoms with Crippen molar-refractivity contribution in [1.29, 1.82) is 5.26 Å². The number of halogens is 4. The molecule has 0 aliphatic rings. The molecule has 0 fully saturated rings. The van der Waals surface area contributed by atoms with Gasteiger partial charge in [0.1, 0.15) is 11.9 Å². The molecule has 0 aliphatic heterocycles. The molecule has 2 rings (SSSR count). The number of anilines is 1. The summed E-state index contributed by atoms with van der Waals surface area (Å²) in [5, 5.41) is 14.4. The quantitative estimate of drug-likeness (QED) is 0.608. The Bertz CT molecular complexity index is 828. The molecule has 136 valence electrons. The van der Waals surface area contributed by atoms with E-state index >= 15 is 0 Å². The van der Waals surface area contributed by atoms with E-state index in [1.165, 1.54) is 24.3 Å². The van der Waals surface area contributed by atoms with Crippen molar-refractivity contribution >= 4 is 11.6 Å². The molecular weight excluding hydrogens is 350 g/mol. The van der Waals surface area contributed by atoms with Crippen LogP contribution in [0.4, 0.5) is 23.2 Å². The van der Waals surface area contributed by atoms with Crippen LogP contribution < -0.4 is 10.6 Å². The standard InChI is InChI=1S/C18H15F4N3O/c19-15-3-1-2-12(8-15)9-17(26)25-7-6-24-16-5-4-14(18(20,21)22)10-13(16)11-23/h1-5,8,10,24H,6-7,9H2,(H,25,26). The number of amides is 1. The highest BCUT2D eigenvalue weighted by molar-refractivity contribution is 5.78. The molecule has 8 heteroatoms. The Balaban J connectivity index is 1.84. The van der Waals surface area contributed by atoms with Crippen molar-refractivity contribution in [2.75, 3.05) is 18.4 Å². The Morgan fingerprint density at radius 2 is 1.88 bits per heavy atom. The number of benzene rings is 2. The minimum Gasteiger partial charge on any atom is -0.382 e. The number of nitrogens with zero attached hydrogens (tertiary/aromatic N) is 1. The van der Waals surface area contributed by atoms with Crippen LogP contribution in [0.3, 0.4) is 0 Å². The van der Waals surface area contributed by atoms with Crippen LogP contribution in [0.5, 0.6) is 0 Å². The van der Waals surface area contributed by atoms with Gasteiger partial charge in [0.15, 0.2) is 0 Å². The number of carbonyl (C=O) groups is 1. The molecule has 1 amide bonds. The minimum absolute atomic E-state index is 0.0154. The normalized spacial score (nSPS) is 10.9. The summed E-state index contributed by atoms with van der Waals surface area (Å²) in [5.74, 6) is -0.742. The molecule has 2 aromatic carbocycles. The third-order valence-corrected chi connectivity index (χ3v) is 3.48. The highest BCUT2D eigenvalue weighted by Gasteiger charge is 2.31. The molecule has 4 nitrogen and oxygen atoms in total. The van der Waals surface area contributed by atoms with Crippen LogP contribution in [0, 0.1) is 17.1 Å². The van der Waals surface area contributed by atoms with Gasteiger partial charge in [-0.05, 0) is 35.9 Å². The summed E-state index contributed by atoms with van der Waals surface area (Å²) in [5.41, 5.74) is -0.251. The lowest BCUT2D eigenvalue weighted by Crippen LogP contribution is -2.30. The average Bonchev–Trinajstić information content (AvgIpc) is 2.58. The van der Waals surface area contributed by atoms with Crippen molar-refractivity contribution in [2.45, 2.75) is 12.6 Å². The molecule has 0 saturated carbocycles. The van der Waals surface area contributed by atoms with Crippen LogP contribution in [-0.2, 0) is 17.4 Å². The van der Waals surface area contributed by atoms with E-state index in [9.17, 15) is 22.4 Å². The van der Waals surface area contributed by atoms with Gasteiger partial charge in [-0.3, -0.25) is 4.79 Å². The highest BCUT2D eigenvalue weighted by Crippen LogP contribution is 2.31. The third kappa shape index (κ3) is 5.48. The van der Waals surface area contributed by atoms with Crippen molar-refractivity contribution < 1.29 is 22.4 Å². The van der Waals surface area contributed by atoms with E-state index in [1.54, 1.807) is 12.1 Å². The van der Waals surface area contributed by atoms with Gasteiger partial charge in [-0.2, -0.15) is 18.4 Å². The molecule has 0 spiro atoms. The van der Waals surface area contributed by atoms with Crippen LogP contribution in [0.2, 0.25) is 0 Å². The van der Waals surface area contributed by atoms with E-state index in [0.29, 0.717) is 5.56 Å². The summed E-state index contributed by atoms with van der Waals surface area (Å²) in [6, 6.07) is 10.2. The van der Waals surface area contributed by atoms with Crippen molar-refractivity contribution in [3.05, 3.63) is 65.0 Å². The lowest BCUT2D eigenvalue weighted by atomic mass is 10.1. The number of hydrogen-bond acceptors (Lipinski definition) is 3. The Labute approximate surface area is 147 Å². The van der Waals surface area contributed by atoms with Crippen molar-refractivity contribution in [2.24, 2.45) is 0 Å². The van der Waals surface area contributed by atoms with Crippen LogP contribution in [0.1, 0.15) is 16.7 Å². The summed E-state index contributed by atoms with van der Waals surface area (Å²) in [7, 11) is 0. The maximum atomic E-state index is 13.0. The van der Waals surface area contributed by atoms with E-state index in [-0.39, 0.29) is 36.7 Å². The van der Waals surface area contributed by atoms with Crippen LogP contribution in [0.15, 0.2) is 42.5 Å².